The van der Waals surface area contributed by atoms with E-state index in [9.17, 15) is 18.0 Å². The molecule has 2 heterocycles. The first-order chi connectivity index (χ1) is 15.9. The molecular weight excluding hydrogens is 447 g/mol. The molecule has 0 aliphatic carbocycles. The van der Waals surface area contributed by atoms with Gasteiger partial charge in [0.25, 0.3) is 5.56 Å². The van der Waals surface area contributed by atoms with E-state index in [0.29, 0.717) is 23.8 Å². The number of rotatable bonds is 4. The third-order valence-corrected chi connectivity index (χ3v) is 6.10. The summed E-state index contributed by atoms with van der Waals surface area (Å²) in [6.45, 7) is 7.21. The van der Waals surface area contributed by atoms with E-state index in [1.807, 2.05) is 13.8 Å². The van der Waals surface area contributed by atoms with E-state index >= 15 is 0 Å². The quantitative estimate of drug-likeness (QED) is 0.640. The van der Waals surface area contributed by atoms with Gasteiger partial charge in [-0.2, -0.15) is 13.2 Å². The molecule has 1 aliphatic rings. The Morgan fingerprint density at radius 2 is 1.71 bits per heavy atom. The van der Waals surface area contributed by atoms with E-state index in [4.69, 9.17) is 9.47 Å². The van der Waals surface area contributed by atoms with Crippen molar-refractivity contribution in [2.45, 2.75) is 52.4 Å². The molecule has 0 saturated heterocycles. The van der Waals surface area contributed by atoms with Gasteiger partial charge in [0, 0.05) is 19.2 Å². The van der Waals surface area contributed by atoms with E-state index in [1.165, 1.54) is 25.6 Å². The van der Waals surface area contributed by atoms with Crippen LogP contribution in [0.15, 0.2) is 39.0 Å². The number of benzene rings is 1. The number of aliphatic imine (C=N–C) groups is 2. The van der Waals surface area contributed by atoms with Crippen LogP contribution in [0.2, 0.25) is 0 Å². The van der Waals surface area contributed by atoms with Crippen LogP contribution in [0.3, 0.4) is 0 Å². The number of nitrogens with zero attached hydrogens (tertiary/aromatic N) is 3. The average molecular weight is 478 g/mol. The molecule has 0 radical (unpaired) electrons. The highest BCUT2D eigenvalue weighted by molar-refractivity contribution is 5.94. The molecule has 0 amide bonds. The third-order valence-electron chi connectivity index (χ3n) is 6.10. The number of methoxy groups -OCH3 is 2. The highest BCUT2D eigenvalue weighted by Crippen LogP contribution is 2.37. The van der Waals surface area contributed by atoms with Crippen LogP contribution in [0.25, 0.3) is 11.1 Å². The van der Waals surface area contributed by atoms with E-state index in [2.05, 4.69) is 9.98 Å². The van der Waals surface area contributed by atoms with Gasteiger partial charge in [-0.15, -0.1) is 0 Å². The van der Waals surface area contributed by atoms with Crippen molar-refractivity contribution >= 4 is 11.8 Å². The van der Waals surface area contributed by atoms with Crippen LogP contribution in [0.5, 0.6) is 0 Å². The van der Waals surface area contributed by atoms with E-state index in [1.54, 1.807) is 32.2 Å². The first-order valence-corrected chi connectivity index (χ1v) is 11.0. The molecule has 184 valence electrons. The summed E-state index contributed by atoms with van der Waals surface area (Å²) in [5.74, 6) is 1.17. The largest absolute Gasteiger partial charge is 0.483 e. The second-order valence-electron chi connectivity index (χ2n) is 8.84. The molecule has 0 spiro atoms. The monoisotopic (exact) mass is 477 g/mol. The predicted molar refractivity (Wildman–Crippen MR) is 127 cm³/mol. The second kappa shape index (κ2) is 9.64. The summed E-state index contributed by atoms with van der Waals surface area (Å²) in [6, 6.07) is 5.41. The van der Waals surface area contributed by atoms with Crippen LogP contribution < -0.4 is 5.56 Å². The zero-order valence-electron chi connectivity index (χ0n) is 20.4. The normalized spacial score (nSPS) is 18.6. The number of halogens is 3. The standard InChI is InChI=1S/C25H30F3N3O3/c1-13(2)21-23(34-7)29-19(22(30-21)33-6)12-16-8-9-17(14(3)10-16)20-18(25(26,27)28)11-15(4)31(5)24(20)32/h8-11,13,19,21H,12H2,1-7H3/t19-,21+/m0/s1. The number of hydrogen-bond donors (Lipinski definition) is 0. The summed E-state index contributed by atoms with van der Waals surface area (Å²) >= 11 is 0. The van der Waals surface area contributed by atoms with E-state index < -0.39 is 23.3 Å². The lowest BCUT2D eigenvalue weighted by Crippen LogP contribution is -2.38. The minimum absolute atomic E-state index is 0.172. The maximum atomic E-state index is 13.8. The van der Waals surface area contributed by atoms with Gasteiger partial charge in [0.1, 0.15) is 12.1 Å². The Bertz CT molecular complexity index is 1200. The zero-order valence-corrected chi connectivity index (χ0v) is 20.4. The Balaban J connectivity index is 2.02. The van der Waals surface area contributed by atoms with Crippen LogP contribution in [0.4, 0.5) is 13.2 Å². The van der Waals surface area contributed by atoms with Gasteiger partial charge in [0.05, 0.1) is 25.3 Å². The lowest BCUT2D eigenvalue weighted by Gasteiger charge is -2.27. The van der Waals surface area contributed by atoms with Gasteiger partial charge in [-0.1, -0.05) is 32.0 Å². The molecule has 0 bridgehead atoms. The molecule has 1 aromatic carbocycles. The van der Waals surface area contributed by atoms with Crippen LogP contribution in [0.1, 0.15) is 36.2 Å². The Morgan fingerprint density at radius 3 is 2.24 bits per heavy atom. The summed E-state index contributed by atoms with van der Waals surface area (Å²) in [6.07, 6.45) is -4.23. The second-order valence-corrected chi connectivity index (χ2v) is 8.84. The number of pyridine rings is 1. The number of hydrogen-bond acceptors (Lipinski definition) is 5. The molecule has 0 fully saturated rings. The summed E-state index contributed by atoms with van der Waals surface area (Å²) < 4.78 is 53.5. The fourth-order valence-electron chi connectivity index (χ4n) is 4.15. The Hall–Kier alpha value is -3.10. The van der Waals surface area contributed by atoms with Crippen LogP contribution >= 0.6 is 0 Å². The third kappa shape index (κ3) is 4.88. The molecule has 0 saturated carbocycles. The molecule has 34 heavy (non-hydrogen) atoms. The Kier molecular flexibility index (Phi) is 7.24. The van der Waals surface area contributed by atoms with Crippen molar-refractivity contribution in [1.82, 2.24) is 4.57 Å². The van der Waals surface area contributed by atoms with Gasteiger partial charge in [0.15, 0.2) is 0 Å². The number of alkyl halides is 3. The SMILES string of the molecule is COC1=N[C@H](C(C)C)C(OC)=N[C@H]1Cc1ccc(-c2c(C(F)(F)F)cc(C)n(C)c2=O)c(C)c1. The topological polar surface area (TPSA) is 65.2 Å². The molecule has 9 heteroatoms. The van der Waals surface area contributed by atoms with Crippen LogP contribution in [-0.2, 0) is 29.1 Å². The molecule has 6 nitrogen and oxygen atoms in total. The van der Waals surface area contributed by atoms with Gasteiger partial charge < -0.3 is 14.0 Å². The Morgan fingerprint density at radius 1 is 1.06 bits per heavy atom. The van der Waals surface area contributed by atoms with Crippen molar-refractivity contribution in [3.8, 4) is 11.1 Å². The molecule has 0 unspecified atom stereocenters. The summed E-state index contributed by atoms with van der Waals surface area (Å²) in [7, 11) is 4.56. The average Bonchev–Trinajstić information content (AvgIpc) is 2.76. The fraction of sp³-hybridized carbons (Fsp3) is 0.480. The maximum absolute atomic E-state index is 13.8. The van der Waals surface area contributed by atoms with Crippen LogP contribution in [-0.4, -0.2) is 42.7 Å². The number of aromatic nitrogens is 1. The number of aryl methyl sites for hydroxylation is 2. The minimum atomic E-state index is -4.65. The highest BCUT2D eigenvalue weighted by atomic mass is 19.4. The smallest absolute Gasteiger partial charge is 0.417 e. The Labute approximate surface area is 197 Å². The first-order valence-electron chi connectivity index (χ1n) is 11.0. The molecule has 2 atom stereocenters. The van der Waals surface area contributed by atoms with Crippen molar-refractivity contribution in [3.05, 3.63) is 57.0 Å². The first kappa shape index (κ1) is 25.5. The molecular formula is C25H30F3N3O3. The van der Waals surface area contributed by atoms with E-state index in [-0.39, 0.29) is 28.8 Å². The lowest BCUT2D eigenvalue weighted by atomic mass is 9.93. The van der Waals surface area contributed by atoms with Gasteiger partial charge in [-0.3, -0.25) is 4.79 Å². The number of ether oxygens (including phenoxy) is 2. The molecule has 2 aromatic rings. The van der Waals surface area contributed by atoms with Crippen molar-refractivity contribution in [2.24, 2.45) is 23.0 Å². The molecule has 0 N–H and O–H groups in total. The highest BCUT2D eigenvalue weighted by Gasteiger charge is 2.36. The lowest BCUT2D eigenvalue weighted by molar-refractivity contribution is -0.137. The maximum Gasteiger partial charge on any atom is 0.417 e. The molecule has 1 aromatic heterocycles. The summed E-state index contributed by atoms with van der Waals surface area (Å²) in [5.41, 5.74) is -0.0758. The van der Waals surface area contributed by atoms with Crippen molar-refractivity contribution in [1.29, 1.82) is 0 Å². The van der Waals surface area contributed by atoms with Crippen LogP contribution in [0, 0.1) is 19.8 Å². The fourth-order valence-corrected chi connectivity index (χ4v) is 4.15. The zero-order chi connectivity index (χ0) is 25.4. The van der Waals surface area contributed by atoms with E-state index in [0.717, 1.165) is 11.6 Å². The van der Waals surface area contributed by atoms with Gasteiger partial charge >= 0.3 is 6.18 Å². The van der Waals surface area contributed by atoms with Gasteiger partial charge in [-0.05, 0) is 42.5 Å². The van der Waals surface area contributed by atoms with Crippen molar-refractivity contribution in [2.75, 3.05) is 14.2 Å². The predicted octanol–water partition coefficient (Wildman–Crippen LogP) is 4.73. The minimum Gasteiger partial charge on any atom is -0.483 e. The van der Waals surface area contributed by atoms with Gasteiger partial charge in [-0.25, -0.2) is 9.98 Å². The molecule has 1 aliphatic heterocycles. The summed E-state index contributed by atoms with van der Waals surface area (Å²) in [4.78, 5) is 22.2. The summed E-state index contributed by atoms with van der Waals surface area (Å²) in [5, 5.41) is 0. The van der Waals surface area contributed by atoms with Crippen molar-refractivity contribution in [3.63, 3.8) is 0 Å². The molecule has 3 rings (SSSR count). The van der Waals surface area contributed by atoms with Crippen molar-refractivity contribution < 1.29 is 22.6 Å². The van der Waals surface area contributed by atoms with Gasteiger partial charge in [0.2, 0.25) is 11.8 Å².